The molecular formula is C16H29NO2. The maximum absolute atomic E-state index is 11.4. The topological polar surface area (TPSA) is 40.5 Å². The van der Waals surface area contributed by atoms with Gasteiger partial charge in [0.2, 0.25) is 0 Å². The minimum atomic E-state index is -0.645. The first-order valence-electron chi connectivity index (χ1n) is 7.95. The van der Waals surface area contributed by atoms with Crippen molar-refractivity contribution in [3.8, 4) is 0 Å². The van der Waals surface area contributed by atoms with E-state index < -0.39 is 11.4 Å². The summed E-state index contributed by atoms with van der Waals surface area (Å²) in [4.78, 5) is 13.8. The van der Waals surface area contributed by atoms with Crippen LogP contribution in [0.2, 0.25) is 0 Å². The van der Waals surface area contributed by atoms with Crippen LogP contribution in [0.1, 0.15) is 65.2 Å². The van der Waals surface area contributed by atoms with Crippen molar-refractivity contribution in [1.82, 2.24) is 4.90 Å². The van der Waals surface area contributed by atoms with Gasteiger partial charge in [0.25, 0.3) is 0 Å². The Morgan fingerprint density at radius 1 is 1.16 bits per heavy atom. The van der Waals surface area contributed by atoms with Crippen LogP contribution in [0.4, 0.5) is 0 Å². The molecule has 0 bridgehead atoms. The fraction of sp³-hybridized carbons (Fsp3) is 0.938. The molecule has 110 valence electrons. The number of piperidine rings is 1. The first-order chi connectivity index (χ1) is 9.00. The van der Waals surface area contributed by atoms with Gasteiger partial charge in [-0.25, -0.2) is 0 Å². The van der Waals surface area contributed by atoms with E-state index in [9.17, 15) is 9.90 Å². The van der Waals surface area contributed by atoms with Crippen LogP contribution in [-0.2, 0) is 4.79 Å². The Hall–Kier alpha value is -0.570. The van der Waals surface area contributed by atoms with Gasteiger partial charge in [-0.1, -0.05) is 26.2 Å². The Kier molecular flexibility index (Phi) is 4.54. The predicted molar refractivity (Wildman–Crippen MR) is 77.2 cm³/mol. The van der Waals surface area contributed by atoms with Crippen molar-refractivity contribution in [1.29, 1.82) is 0 Å². The number of aliphatic carboxylic acids is 1. The summed E-state index contributed by atoms with van der Waals surface area (Å²) in [5.74, 6) is -0.645. The molecule has 1 heterocycles. The second-order valence-electron chi connectivity index (χ2n) is 7.06. The van der Waals surface area contributed by atoms with E-state index in [1.807, 2.05) is 13.8 Å². The molecule has 0 amide bonds. The third-order valence-electron chi connectivity index (χ3n) is 5.70. The van der Waals surface area contributed by atoms with Crippen LogP contribution in [-0.4, -0.2) is 35.6 Å². The van der Waals surface area contributed by atoms with E-state index in [-0.39, 0.29) is 0 Å². The van der Waals surface area contributed by atoms with Gasteiger partial charge in [0.15, 0.2) is 0 Å². The third-order valence-corrected chi connectivity index (χ3v) is 5.70. The molecule has 1 atom stereocenters. The van der Waals surface area contributed by atoms with Gasteiger partial charge in [0, 0.05) is 6.54 Å². The van der Waals surface area contributed by atoms with Crippen molar-refractivity contribution < 1.29 is 9.90 Å². The predicted octanol–water partition coefficient (Wildman–Crippen LogP) is 3.53. The fourth-order valence-electron chi connectivity index (χ4n) is 3.81. The number of carbonyl (C=O) groups is 1. The summed E-state index contributed by atoms with van der Waals surface area (Å²) in [5, 5.41) is 9.38. The number of likely N-dealkylation sites (tertiary alicyclic amines) is 1. The Morgan fingerprint density at radius 3 is 2.21 bits per heavy atom. The van der Waals surface area contributed by atoms with E-state index in [2.05, 4.69) is 4.90 Å². The Balaban J connectivity index is 1.87. The zero-order valence-electron chi connectivity index (χ0n) is 12.6. The van der Waals surface area contributed by atoms with Crippen LogP contribution in [0.25, 0.3) is 0 Å². The third kappa shape index (κ3) is 3.31. The highest BCUT2D eigenvalue weighted by atomic mass is 16.4. The number of hydrogen-bond donors (Lipinski definition) is 1. The molecule has 1 unspecified atom stereocenters. The number of hydrogen-bond acceptors (Lipinski definition) is 2. The highest BCUT2D eigenvalue weighted by molar-refractivity contribution is 5.74. The van der Waals surface area contributed by atoms with Crippen LogP contribution < -0.4 is 0 Å². The van der Waals surface area contributed by atoms with Gasteiger partial charge in [-0.2, -0.15) is 0 Å². The van der Waals surface area contributed by atoms with Crippen molar-refractivity contribution in [2.24, 2.45) is 10.8 Å². The first kappa shape index (κ1) is 14.8. The molecule has 2 rings (SSSR count). The normalized spacial score (nSPS) is 27.1. The lowest BCUT2D eigenvalue weighted by Crippen LogP contribution is -2.47. The largest absolute Gasteiger partial charge is 0.481 e. The van der Waals surface area contributed by atoms with E-state index in [0.29, 0.717) is 11.8 Å². The zero-order valence-corrected chi connectivity index (χ0v) is 12.6. The van der Waals surface area contributed by atoms with Gasteiger partial charge < -0.3 is 10.0 Å². The SMILES string of the molecule is CCC(C)(CN1CCC2(CCCCC2)CC1)C(=O)O. The summed E-state index contributed by atoms with van der Waals surface area (Å²) in [7, 11) is 0. The molecule has 1 aliphatic heterocycles. The molecule has 1 spiro atoms. The maximum Gasteiger partial charge on any atom is 0.310 e. The standard InChI is InChI=1S/C16H29NO2/c1-3-15(2,14(18)19)13-17-11-9-16(10-12-17)7-5-4-6-8-16/h3-13H2,1-2H3,(H,18,19). The van der Waals surface area contributed by atoms with E-state index in [1.165, 1.54) is 44.9 Å². The lowest BCUT2D eigenvalue weighted by Gasteiger charge is -2.45. The van der Waals surface area contributed by atoms with Crippen molar-refractivity contribution in [2.45, 2.75) is 65.2 Å². The summed E-state index contributed by atoms with van der Waals surface area (Å²) in [6.45, 7) is 6.79. The summed E-state index contributed by atoms with van der Waals surface area (Å²) < 4.78 is 0. The van der Waals surface area contributed by atoms with Crippen LogP contribution in [0.5, 0.6) is 0 Å². The first-order valence-corrected chi connectivity index (χ1v) is 7.95. The fourth-order valence-corrected chi connectivity index (χ4v) is 3.81. The smallest absolute Gasteiger partial charge is 0.310 e. The molecule has 1 saturated carbocycles. The summed E-state index contributed by atoms with van der Waals surface area (Å²) in [5.41, 5.74) is 0.0393. The Morgan fingerprint density at radius 2 is 1.74 bits per heavy atom. The second kappa shape index (κ2) is 5.82. The van der Waals surface area contributed by atoms with Gasteiger partial charge in [-0.3, -0.25) is 4.79 Å². The van der Waals surface area contributed by atoms with Crippen molar-refractivity contribution in [3.05, 3.63) is 0 Å². The van der Waals surface area contributed by atoms with Gasteiger partial charge in [-0.05, 0) is 57.5 Å². The molecule has 0 radical (unpaired) electrons. The minimum Gasteiger partial charge on any atom is -0.481 e. The molecule has 3 heteroatoms. The van der Waals surface area contributed by atoms with Gasteiger partial charge in [-0.15, -0.1) is 0 Å². The van der Waals surface area contributed by atoms with Crippen LogP contribution in [0.3, 0.4) is 0 Å². The van der Waals surface area contributed by atoms with Crippen LogP contribution >= 0.6 is 0 Å². The summed E-state index contributed by atoms with van der Waals surface area (Å²) in [6, 6.07) is 0. The van der Waals surface area contributed by atoms with Crippen LogP contribution in [0, 0.1) is 10.8 Å². The number of nitrogens with zero attached hydrogens (tertiary/aromatic N) is 1. The molecule has 1 N–H and O–H groups in total. The number of carboxylic acids is 1. The van der Waals surface area contributed by atoms with Gasteiger partial charge in [0.1, 0.15) is 0 Å². The maximum atomic E-state index is 11.4. The quantitative estimate of drug-likeness (QED) is 0.847. The lowest BCUT2D eigenvalue weighted by atomic mass is 9.68. The minimum absolute atomic E-state index is 0.572. The average Bonchev–Trinajstić information content (AvgIpc) is 2.42. The summed E-state index contributed by atoms with van der Waals surface area (Å²) in [6.07, 6.45) is 10.3. The molecule has 1 saturated heterocycles. The van der Waals surface area contributed by atoms with E-state index in [1.54, 1.807) is 0 Å². The van der Waals surface area contributed by atoms with E-state index in [4.69, 9.17) is 0 Å². The highest BCUT2D eigenvalue weighted by Crippen LogP contribution is 2.44. The Bertz CT molecular complexity index is 313. The van der Waals surface area contributed by atoms with Gasteiger partial charge in [0.05, 0.1) is 5.41 Å². The lowest BCUT2D eigenvalue weighted by molar-refractivity contribution is -0.149. The zero-order chi connectivity index (χ0) is 13.9. The average molecular weight is 267 g/mol. The second-order valence-corrected chi connectivity index (χ2v) is 7.06. The molecule has 0 aromatic rings. The summed E-state index contributed by atoms with van der Waals surface area (Å²) >= 11 is 0. The van der Waals surface area contributed by atoms with Gasteiger partial charge >= 0.3 is 5.97 Å². The van der Waals surface area contributed by atoms with E-state index in [0.717, 1.165) is 19.6 Å². The molecule has 0 aromatic carbocycles. The van der Waals surface area contributed by atoms with Crippen molar-refractivity contribution >= 4 is 5.97 Å². The number of rotatable bonds is 4. The monoisotopic (exact) mass is 267 g/mol. The highest BCUT2D eigenvalue weighted by Gasteiger charge is 2.39. The molecular weight excluding hydrogens is 238 g/mol. The van der Waals surface area contributed by atoms with Crippen molar-refractivity contribution in [2.75, 3.05) is 19.6 Å². The van der Waals surface area contributed by atoms with Crippen molar-refractivity contribution in [3.63, 3.8) is 0 Å². The molecule has 19 heavy (non-hydrogen) atoms. The molecule has 1 aliphatic carbocycles. The molecule has 0 aromatic heterocycles. The van der Waals surface area contributed by atoms with Crippen LogP contribution in [0.15, 0.2) is 0 Å². The number of carboxylic acid groups (broad SMARTS) is 1. The molecule has 2 aliphatic rings. The molecule has 2 fully saturated rings. The Labute approximate surface area is 117 Å². The molecule has 3 nitrogen and oxygen atoms in total. The van der Waals surface area contributed by atoms with E-state index >= 15 is 0 Å².